The molecule has 2 saturated carbocycles. The van der Waals surface area contributed by atoms with E-state index in [0.717, 1.165) is 5.69 Å². The zero-order chi connectivity index (χ0) is 41.5. The summed E-state index contributed by atoms with van der Waals surface area (Å²) in [5.41, 5.74) is 20.3. The van der Waals surface area contributed by atoms with Crippen LogP contribution in [0.25, 0.3) is 32.3 Å². The lowest BCUT2D eigenvalue weighted by Gasteiger charge is -2.35. The Balaban J connectivity index is 1.54. The van der Waals surface area contributed by atoms with Crippen LogP contribution in [0, 0.1) is 0 Å². The van der Waals surface area contributed by atoms with E-state index in [-0.39, 0.29) is 21.7 Å². The Morgan fingerprint density at radius 2 is 0.759 bits per heavy atom. The van der Waals surface area contributed by atoms with Crippen molar-refractivity contribution < 1.29 is 0 Å². The van der Waals surface area contributed by atoms with E-state index in [1.54, 1.807) is 0 Å². The average Bonchev–Trinajstić information content (AvgIpc) is 3.17. The third-order valence-corrected chi connectivity index (χ3v) is 14.1. The van der Waals surface area contributed by atoms with Crippen LogP contribution in [0.5, 0.6) is 0 Å². The van der Waals surface area contributed by atoms with Gasteiger partial charge < -0.3 is 10.6 Å². The fourth-order valence-corrected chi connectivity index (χ4v) is 10.4. The van der Waals surface area contributed by atoms with Gasteiger partial charge in [0.05, 0.1) is 5.69 Å². The zero-order valence-corrected chi connectivity index (χ0v) is 38.2. The molecule has 2 N–H and O–H groups in total. The van der Waals surface area contributed by atoms with Crippen LogP contribution in [0.1, 0.15) is 193 Å². The quantitative estimate of drug-likeness (QED) is 0.140. The third-order valence-electron chi connectivity index (χ3n) is 14.1. The van der Waals surface area contributed by atoms with Crippen molar-refractivity contribution in [3.63, 3.8) is 0 Å². The SMILES string of the molecule is CC(C)(C)c1cc(N(c2cc(C(C)(C)C)cc(C(C)(C)C)c2)c2cc(C3CCCCC3)c3ccc4c(N)cc(C5CCCCC5)c5ccc2c3c45)cc(C(C)(C)C)c1. The molecule has 0 amide bonds. The molecular formula is C56H72N2. The molecule has 0 radical (unpaired) electrons. The average molecular weight is 773 g/mol. The monoisotopic (exact) mass is 773 g/mol. The first-order valence-electron chi connectivity index (χ1n) is 22.9. The first-order valence-corrected chi connectivity index (χ1v) is 22.9. The lowest BCUT2D eigenvalue weighted by molar-refractivity contribution is 0.445. The maximum atomic E-state index is 7.15. The lowest BCUT2D eigenvalue weighted by atomic mass is 9.77. The van der Waals surface area contributed by atoms with Crippen LogP contribution in [-0.4, -0.2) is 0 Å². The van der Waals surface area contributed by atoms with E-state index >= 15 is 0 Å². The van der Waals surface area contributed by atoms with Crippen LogP contribution in [0.15, 0.2) is 72.8 Å². The Morgan fingerprint density at radius 1 is 0.414 bits per heavy atom. The van der Waals surface area contributed by atoms with Crippen molar-refractivity contribution in [2.45, 2.75) is 181 Å². The van der Waals surface area contributed by atoms with E-state index in [9.17, 15) is 0 Å². The minimum atomic E-state index is -0.0194. The summed E-state index contributed by atoms with van der Waals surface area (Å²) in [5.74, 6) is 1.10. The highest BCUT2D eigenvalue weighted by atomic mass is 15.1. The second-order valence-electron chi connectivity index (χ2n) is 22.7. The number of nitrogens with zero attached hydrogens (tertiary/aromatic N) is 1. The molecule has 0 atom stereocenters. The Kier molecular flexibility index (Phi) is 10.3. The van der Waals surface area contributed by atoms with Crippen molar-refractivity contribution in [3.8, 4) is 0 Å². The Hall–Kier alpha value is -4.04. The largest absolute Gasteiger partial charge is 0.398 e. The predicted octanol–water partition coefficient (Wildman–Crippen LogP) is 16.9. The summed E-state index contributed by atoms with van der Waals surface area (Å²) in [6.07, 6.45) is 12.9. The van der Waals surface area contributed by atoms with E-state index in [1.165, 1.54) is 147 Å². The van der Waals surface area contributed by atoms with Gasteiger partial charge in [0.25, 0.3) is 0 Å². The Labute approximate surface area is 351 Å². The van der Waals surface area contributed by atoms with Gasteiger partial charge in [0.1, 0.15) is 0 Å². The van der Waals surface area contributed by atoms with Gasteiger partial charge in [-0.05, 0) is 151 Å². The summed E-state index contributed by atoms with van der Waals surface area (Å²) in [4.78, 5) is 2.68. The fraction of sp³-hybridized carbons (Fsp3) is 0.500. The minimum Gasteiger partial charge on any atom is -0.398 e. The molecule has 58 heavy (non-hydrogen) atoms. The van der Waals surface area contributed by atoms with Gasteiger partial charge in [0, 0.05) is 27.8 Å². The predicted molar refractivity (Wildman–Crippen MR) is 256 cm³/mol. The highest BCUT2D eigenvalue weighted by Gasteiger charge is 2.31. The summed E-state index contributed by atoms with van der Waals surface area (Å²) in [7, 11) is 0. The number of hydrogen-bond acceptors (Lipinski definition) is 2. The molecule has 6 aromatic rings. The van der Waals surface area contributed by atoms with Gasteiger partial charge in [-0.3, -0.25) is 0 Å². The van der Waals surface area contributed by atoms with E-state index in [4.69, 9.17) is 5.73 Å². The molecule has 2 aliphatic carbocycles. The topological polar surface area (TPSA) is 29.3 Å². The number of anilines is 4. The molecule has 0 spiro atoms. The summed E-state index contributed by atoms with van der Waals surface area (Å²) in [6, 6.07) is 29.7. The third kappa shape index (κ3) is 7.52. The van der Waals surface area contributed by atoms with Crippen molar-refractivity contribution >= 4 is 55.1 Å². The Morgan fingerprint density at radius 3 is 1.16 bits per heavy atom. The van der Waals surface area contributed by atoms with Gasteiger partial charge in [-0.15, -0.1) is 0 Å². The molecule has 2 fully saturated rings. The molecule has 8 rings (SSSR count). The Bertz CT molecular complexity index is 2320. The normalized spacial score (nSPS) is 16.9. The lowest BCUT2D eigenvalue weighted by Crippen LogP contribution is -2.21. The van der Waals surface area contributed by atoms with E-state index in [2.05, 4.69) is 161 Å². The van der Waals surface area contributed by atoms with Gasteiger partial charge in [0.2, 0.25) is 0 Å². The molecule has 0 aromatic heterocycles. The van der Waals surface area contributed by atoms with Gasteiger partial charge in [-0.2, -0.15) is 0 Å². The first-order chi connectivity index (χ1) is 27.2. The first kappa shape index (κ1) is 40.7. The van der Waals surface area contributed by atoms with Gasteiger partial charge in [0.15, 0.2) is 0 Å². The van der Waals surface area contributed by atoms with Crippen LogP contribution in [0.3, 0.4) is 0 Å². The van der Waals surface area contributed by atoms with Gasteiger partial charge in [-0.1, -0.05) is 158 Å². The molecule has 0 unspecified atom stereocenters. The summed E-state index contributed by atoms with van der Waals surface area (Å²) < 4.78 is 0. The molecule has 2 heteroatoms. The van der Waals surface area contributed by atoms with Gasteiger partial charge >= 0.3 is 0 Å². The highest BCUT2D eigenvalue weighted by molar-refractivity contribution is 6.29. The number of nitrogen functional groups attached to an aromatic ring is 1. The van der Waals surface area contributed by atoms with Crippen LogP contribution < -0.4 is 10.6 Å². The second kappa shape index (κ2) is 14.6. The molecule has 0 saturated heterocycles. The van der Waals surface area contributed by atoms with E-state index in [1.807, 2.05) is 0 Å². The summed E-state index contributed by atoms with van der Waals surface area (Å²) >= 11 is 0. The number of nitrogens with two attached hydrogens (primary N) is 1. The fourth-order valence-electron chi connectivity index (χ4n) is 10.4. The molecule has 306 valence electrons. The maximum Gasteiger partial charge on any atom is 0.0543 e. The van der Waals surface area contributed by atoms with Gasteiger partial charge in [-0.25, -0.2) is 0 Å². The molecule has 6 aromatic carbocycles. The highest BCUT2D eigenvalue weighted by Crippen LogP contribution is 2.52. The maximum absolute atomic E-state index is 7.15. The van der Waals surface area contributed by atoms with Crippen LogP contribution in [-0.2, 0) is 21.7 Å². The molecular weight excluding hydrogens is 701 g/mol. The van der Waals surface area contributed by atoms with Crippen LogP contribution in [0.2, 0.25) is 0 Å². The standard InChI is InChI=1S/C56H72N2/c1-53(2,3)37-27-38(54(4,5)6)30-41(29-37)58(42-31-39(55(7,8)9)28-40(32-42)56(10,11)12)50-34-48(36-21-17-14-18-22-36)44-23-25-45-49(57)33-47(35-19-15-13-16-20-35)43-24-26-46(50)52(44)51(43)45/h23-36H,13-22,57H2,1-12H3. The van der Waals surface area contributed by atoms with Crippen molar-refractivity contribution in [1.29, 1.82) is 0 Å². The molecule has 2 nitrogen and oxygen atoms in total. The number of hydrogen-bond donors (Lipinski definition) is 1. The minimum absolute atomic E-state index is 0.0194. The molecule has 0 aliphatic heterocycles. The smallest absolute Gasteiger partial charge is 0.0543 e. The molecule has 0 heterocycles. The van der Waals surface area contributed by atoms with Crippen LogP contribution in [0.4, 0.5) is 22.7 Å². The summed E-state index contributed by atoms with van der Waals surface area (Å²) in [5, 5.41) is 8.18. The summed E-state index contributed by atoms with van der Waals surface area (Å²) in [6.45, 7) is 28.4. The van der Waals surface area contributed by atoms with Crippen molar-refractivity contribution in [1.82, 2.24) is 0 Å². The zero-order valence-electron chi connectivity index (χ0n) is 38.2. The van der Waals surface area contributed by atoms with E-state index < -0.39 is 0 Å². The van der Waals surface area contributed by atoms with Crippen LogP contribution >= 0.6 is 0 Å². The molecule has 0 bridgehead atoms. The van der Waals surface area contributed by atoms with Crippen molar-refractivity contribution in [2.75, 3.05) is 10.6 Å². The number of benzene rings is 6. The van der Waals surface area contributed by atoms with Crippen molar-refractivity contribution in [3.05, 3.63) is 106 Å². The van der Waals surface area contributed by atoms with E-state index in [0.29, 0.717) is 11.8 Å². The second-order valence-corrected chi connectivity index (χ2v) is 22.7. The van der Waals surface area contributed by atoms with Crippen molar-refractivity contribution in [2.24, 2.45) is 0 Å². The molecule has 2 aliphatic rings. The number of rotatable bonds is 5.